The van der Waals surface area contributed by atoms with Gasteiger partial charge in [-0.2, -0.15) is 5.26 Å². The Bertz CT molecular complexity index is 918. The molecule has 0 radical (unpaired) electrons. The molecule has 1 atom stereocenters. The van der Waals surface area contributed by atoms with E-state index < -0.39 is 6.10 Å². The van der Waals surface area contributed by atoms with Gasteiger partial charge in [0.25, 0.3) is 5.91 Å². The summed E-state index contributed by atoms with van der Waals surface area (Å²) >= 11 is 0. The Hall–Kier alpha value is -2.88. The maximum absolute atomic E-state index is 13.3. The van der Waals surface area contributed by atoms with E-state index in [1.54, 1.807) is 18.2 Å². The second-order valence-electron chi connectivity index (χ2n) is 7.71. The predicted octanol–water partition coefficient (Wildman–Crippen LogP) is 3.53. The summed E-state index contributed by atoms with van der Waals surface area (Å²) in [6.07, 6.45) is 2.41. The molecule has 6 heteroatoms. The number of morpholine rings is 1. The van der Waals surface area contributed by atoms with Crippen molar-refractivity contribution in [3.63, 3.8) is 0 Å². The van der Waals surface area contributed by atoms with Gasteiger partial charge in [0.1, 0.15) is 5.75 Å². The minimum Gasteiger partial charge on any atom is -0.474 e. The molecule has 1 saturated heterocycles. The summed E-state index contributed by atoms with van der Waals surface area (Å²) in [5.41, 5.74) is 2.06. The summed E-state index contributed by atoms with van der Waals surface area (Å²) in [6, 6.07) is 16.9. The molecule has 2 aliphatic rings. The van der Waals surface area contributed by atoms with Gasteiger partial charge in [0.2, 0.25) is 6.10 Å². The molecule has 2 aromatic carbocycles. The molecular weight excluding hydrogens is 378 g/mol. The van der Waals surface area contributed by atoms with Crippen LogP contribution < -0.4 is 9.64 Å². The molecule has 0 saturated carbocycles. The topological polar surface area (TPSA) is 65.8 Å². The number of carbonyl (C=O) groups is 1. The van der Waals surface area contributed by atoms with Crippen LogP contribution in [0.2, 0.25) is 0 Å². The molecule has 1 amide bonds. The molecule has 0 aliphatic carbocycles. The molecule has 0 bridgehead atoms. The van der Waals surface area contributed by atoms with E-state index in [-0.39, 0.29) is 5.91 Å². The second kappa shape index (κ2) is 9.75. The predicted molar refractivity (Wildman–Crippen MR) is 114 cm³/mol. The van der Waals surface area contributed by atoms with Crippen molar-refractivity contribution in [1.82, 2.24) is 4.90 Å². The normalized spacial score (nSPS) is 19.1. The lowest BCUT2D eigenvalue weighted by Crippen LogP contribution is -2.41. The highest BCUT2D eigenvalue weighted by Gasteiger charge is 2.35. The summed E-state index contributed by atoms with van der Waals surface area (Å²) in [6.45, 7) is 5.43. The fraction of sp³-hybridized carbons (Fsp3) is 0.417. The SMILES string of the molecule is N#Cc1cccc(C2Oc3ccccc3N(CCCCCN3CCOCC3)C2=O)c1. The lowest BCUT2D eigenvalue weighted by atomic mass is 10.0. The van der Waals surface area contributed by atoms with E-state index in [2.05, 4.69) is 11.0 Å². The van der Waals surface area contributed by atoms with E-state index in [9.17, 15) is 10.1 Å². The number of nitriles is 1. The van der Waals surface area contributed by atoms with Crippen LogP contribution in [0, 0.1) is 11.3 Å². The standard InChI is InChI=1S/C24H27N3O3/c25-18-19-7-6-8-20(17-19)23-24(28)27(21-9-2-3-10-22(21)30-23)12-5-1-4-11-26-13-15-29-16-14-26/h2-3,6-10,17,23H,1,4-5,11-16H2. The zero-order chi connectivity index (χ0) is 20.8. The molecule has 0 spiro atoms. The van der Waals surface area contributed by atoms with Gasteiger partial charge >= 0.3 is 0 Å². The highest BCUT2D eigenvalue weighted by Crippen LogP contribution is 2.39. The fourth-order valence-electron chi connectivity index (χ4n) is 4.04. The van der Waals surface area contributed by atoms with Crippen LogP contribution in [0.4, 0.5) is 5.69 Å². The molecule has 156 valence electrons. The third-order valence-corrected chi connectivity index (χ3v) is 5.67. The van der Waals surface area contributed by atoms with Crippen molar-refractivity contribution in [2.75, 3.05) is 44.3 Å². The Morgan fingerprint density at radius 2 is 1.80 bits per heavy atom. The Balaban J connectivity index is 1.41. The van der Waals surface area contributed by atoms with Crippen molar-refractivity contribution in [2.24, 2.45) is 0 Å². The van der Waals surface area contributed by atoms with Gasteiger partial charge in [0, 0.05) is 25.2 Å². The Kier molecular flexibility index (Phi) is 6.63. The van der Waals surface area contributed by atoms with Crippen LogP contribution >= 0.6 is 0 Å². The highest BCUT2D eigenvalue weighted by atomic mass is 16.5. The summed E-state index contributed by atoms with van der Waals surface area (Å²) < 4.78 is 11.4. The molecule has 1 fully saturated rings. The Morgan fingerprint density at radius 3 is 2.63 bits per heavy atom. The van der Waals surface area contributed by atoms with Gasteiger partial charge in [0.05, 0.1) is 30.5 Å². The summed E-state index contributed by atoms with van der Waals surface area (Å²) in [5, 5.41) is 9.20. The van der Waals surface area contributed by atoms with Crippen LogP contribution in [-0.2, 0) is 9.53 Å². The quantitative estimate of drug-likeness (QED) is 0.660. The van der Waals surface area contributed by atoms with Gasteiger partial charge in [-0.3, -0.25) is 9.69 Å². The van der Waals surface area contributed by atoms with E-state index in [4.69, 9.17) is 9.47 Å². The maximum atomic E-state index is 13.3. The number of amides is 1. The largest absolute Gasteiger partial charge is 0.474 e. The molecule has 2 heterocycles. The van der Waals surface area contributed by atoms with Crippen LogP contribution in [0.5, 0.6) is 5.75 Å². The number of hydrogen-bond donors (Lipinski definition) is 0. The number of fused-ring (bicyclic) bond motifs is 1. The van der Waals surface area contributed by atoms with E-state index in [0.29, 0.717) is 23.4 Å². The number of hydrogen-bond acceptors (Lipinski definition) is 5. The molecule has 0 aromatic heterocycles. The first-order valence-electron chi connectivity index (χ1n) is 10.6. The lowest BCUT2D eigenvalue weighted by Gasteiger charge is -2.34. The van der Waals surface area contributed by atoms with Crippen molar-refractivity contribution in [2.45, 2.75) is 25.4 Å². The zero-order valence-electron chi connectivity index (χ0n) is 17.1. The minimum atomic E-state index is -0.721. The molecule has 4 rings (SSSR count). The number of para-hydroxylation sites is 2. The Morgan fingerprint density at radius 1 is 1.00 bits per heavy atom. The van der Waals surface area contributed by atoms with E-state index >= 15 is 0 Å². The van der Waals surface area contributed by atoms with Crippen molar-refractivity contribution >= 4 is 11.6 Å². The molecule has 30 heavy (non-hydrogen) atoms. The molecule has 1 unspecified atom stereocenters. The van der Waals surface area contributed by atoms with Crippen molar-refractivity contribution in [1.29, 1.82) is 5.26 Å². The van der Waals surface area contributed by atoms with Gasteiger partial charge < -0.3 is 14.4 Å². The smallest absolute Gasteiger partial charge is 0.272 e. The molecule has 6 nitrogen and oxygen atoms in total. The third kappa shape index (κ3) is 4.64. The van der Waals surface area contributed by atoms with Gasteiger partial charge in [-0.05, 0) is 43.7 Å². The zero-order valence-corrected chi connectivity index (χ0v) is 17.1. The Labute approximate surface area is 177 Å². The molecule has 2 aliphatic heterocycles. The number of ether oxygens (including phenoxy) is 2. The fourth-order valence-corrected chi connectivity index (χ4v) is 4.04. The summed E-state index contributed by atoms with van der Waals surface area (Å²) in [4.78, 5) is 17.6. The van der Waals surface area contributed by atoms with E-state index in [1.807, 2.05) is 35.2 Å². The average molecular weight is 405 g/mol. The van der Waals surface area contributed by atoms with E-state index in [0.717, 1.165) is 57.8 Å². The van der Waals surface area contributed by atoms with Crippen LogP contribution in [0.15, 0.2) is 48.5 Å². The van der Waals surface area contributed by atoms with Gasteiger partial charge in [0.15, 0.2) is 0 Å². The van der Waals surface area contributed by atoms with Crippen LogP contribution in [-0.4, -0.2) is 50.2 Å². The number of anilines is 1. The number of nitrogens with zero attached hydrogens (tertiary/aromatic N) is 3. The summed E-state index contributed by atoms with van der Waals surface area (Å²) in [5.74, 6) is 0.634. The van der Waals surface area contributed by atoms with Gasteiger partial charge in [-0.15, -0.1) is 0 Å². The number of rotatable bonds is 7. The minimum absolute atomic E-state index is 0.0723. The monoisotopic (exact) mass is 405 g/mol. The number of benzene rings is 2. The first-order chi connectivity index (χ1) is 14.8. The maximum Gasteiger partial charge on any atom is 0.272 e. The van der Waals surface area contributed by atoms with Gasteiger partial charge in [-0.1, -0.05) is 30.7 Å². The summed E-state index contributed by atoms with van der Waals surface area (Å²) in [7, 11) is 0. The lowest BCUT2D eigenvalue weighted by molar-refractivity contribution is -0.126. The van der Waals surface area contributed by atoms with E-state index in [1.165, 1.54) is 0 Å². The van der Waals surface area contributed by atoms with Crippen molar-refractivity contribution < 1.29 is 14.3 Å². The van der Waals surface area contributed by atoms with Crippen LogP contribution in [0.3, 0.4) is 0 Å². The number of unbranched alkanes of at least 4 members (excludes halogenated alkanes) is 2. The first-order valence-corrected chi connectivity index (χ1v) is 10.6. The van der Waals surface area contributed by atoms with Crippen LogP contribution in [0.25, 0.3) is 0 Å². The average Bonchev–Trinajstić information content (AvgIpc) is 2.80. The van der Waals surface area contributed by atoms with Crippen molar-refractivity contribution in [3.8, 4) is 11.8 Å². The molecular formula is C24H27N3O3. The van der Waals surface area contributed by atoms with Crippen LogP contribution in [0.1, 0.15) is 36.5 Å². The van der Waals surface area contributed by atoms with Gasteiger partial charge in [-0.25, -0.2) is 0 Å². The molecule has 2 aromatic rings. The highest BCUT2D eigenvalue weighted by molar-refractivity contribution is 6.00. The first kappa shape index (κ1) is 20.4. The number of carbonyl (C=O) groups excluding carboxylic acids is 1. The third-order valence-electron chi connectivity index (χ3n) is 5.67. The second-order valence-corrected chi connectivity index (χ2v) is 7.71. The molecule has 0 N–H and O–H groups in total. The van der Waals surface area contributed by atoms with Crippen molar-refractivity contribution in [3.05, 3.63) is 59.7 Å².